The number of fused-ring (bicyclic) bond motifs is 1. The number of hydrogen-bond donors (Lipinski definition) is 2. The maximum atomic E-state index is 6.29. The maximum Gasteiger partial charge on any atom is 0.191 e. The summed E-state index contributed by atoms with van der Waals surface area (Å²) in [6.45, 7) is 5.06. The molecule has 0 amide bonds. The summed E-state index contributed by atoms with van der Waals surface area (Å²) >= 11 is 12.1. The van der Waals surface area contributed by atoms with Crippen molar-refractivity contribution in [3.05, 3.63) is 51.8 Å². The second-order valence-electron chi connectivity index (χ2n) is 5.96. The van der Waals surface area contributed by atoms with Crippen molar-refractivity contribution < 1.29 is 9.47 Å². The monoisotopic (exact) mass is 536 g/mol. The van der Waals surface area contributed by atoms with E-state index in [1.54, 1.807) is 12.3 Å². The van der Waals surface area contributed by atoms with Gasteiger partial charge in [-0.15, -0.1) is 24.0 Å². The largest absolute Gasteiger partial charge is 0.486 e. The van der Waals surface area contributed by atoms with E-state index in [2.05, 4.69) is 20.6 Å². The Labute approximate surface area is 192 Å². The van der Waals surface area contributed by atoms with E-state index in [-0.39, 0.29) is 24.0 Å². The zero-order valence-electron chi connectivity index (χ0n) is 15.5. The topological polar surface area (TPSA) is 67.8 Å². The Morgan fingerprint density at radius 1 is 1.14 bits per heavy atom. The molecule has 0 unspecified atom stereocenters. The molecule has 0 radical (unpaired) electrons. The van der Waals surface area contributed by atoms with E-state index in [1.165, 1.54) is 0 Å². The van der Waals surface area contributed by atoms with Crippen molar-refractivity contribution in [2.45, 2.75) is 19.9 Å². The lowest BCUT2D eigenvalue weighted by Crippen LogP contribution is -2.38. The number of rotatable bonds is 6. The Bertz CT molecular complexity index is 803. The Hall–Kier alpha value is -1.45. The van der Waals surface area contributed by atoms with Crippen LogP contribution < -0.4 is 20.1 Å². The molecule has 0 fully saturated rings. The zero-order chi connectivity index (χ0) is 19.1. The molecule has 2 heterocycles. The molecule has 2 N–H and O–H groups in total. The number of nitrogens with zero attached hydrogens (tertiary/aromatic N) is 2. The van der Waals surface area contributed by atoms with Gasteiger partial charge in [-0.05, 0) is 42.7 Å². The van der Waals surface area contributed by atoms with Crippen LogP contribution in [0.4, 0.5) is 0 Å². The molecule has 9 heteroatoms. The third kappa shape index (κ3) is 6.56. The third-order valence-corrected chi connectivity index (χ3v) is 4.42. The minimum Gasteiger partial charge on any atom is -0.486 e. The minimum atomic E-state index is 0. The number of guanidine groups is 1. The maximum absolute atomic E-state index is 6.29. The standard InChI is InChI=1S/C19H22Cl2N4O2.HI/c1-2-22-19(23-6-5-13-3-4-17(21)24-11-13)25-12-14-9-15(20)18-16(10-14)26-7-8-27-18;/h3-4,9-11H,2,5-8,12H2,1H3,(H2,22,23,25);1H. The predicted molar refractivity (Wildman–Crippen MR) is 124 cm³/mol. The highest BCUT2D eigenvalue weighted by Gasteiger charge is 2.16. The number of hydrogen-bond acceptors (Lipinski definition) is 4. The van der Waals surface area contributed by atoms with Crippen LogP contribution in [-0.2, 0) is 13.0 Å². The highest BCUT2D eigenvalue weighted by Crippen LogP contribution is 2.38. The van der Waals surface area contributed by atoms with E-state index >= 15 is 0 Å². The summed E-state index contributed by atoms with van der Waals surface area (Å²) in [5, 5.41) is 7.61. The summed E-state index contributed by atoms with van der Waals surface area (Å²) in [6.07, 6.45) is 2.61. The van der Waals surface area contributed by atoms with Gasteiger partial charge in [0.25, 0.3) is 0 Å². The number of nitrogens with one attached hydrogen (secondary N) is 2. The fourth-order valence-corrected chi connectivity index (χ4v) is 3.05. The molecule has 0 bridgehead atoms. The second-order valence-corrected chi connectivity index (χ2v) is 6.76. The molecule has 1 aromatic carbocycles. The molecule has 152 valence electrons. The number of benzene rings is 1. The highest BCUT2D eigenvalue weighted by molar-refractivity contribution is 14.0. The van der Waals surface area contributed by atoms with Gasteiger partial charge in [0.1, 0.15) is 18.4 Å². The average molecular weight is 537 g/mol. The molecule has 0 saturated carbocycles. The van der Waals surface area contributed by atoms with Gasteiger partial charge in [0.05, 0.1) is 11.6 Å². The number of halogens is 3. The summed E-state index contributed by atoms with van der Waals surface area (Å²) in [4.78, 5) is 8.71. The van der Waals surface area contributed by atoms with Crippen LogP contribution in [0.3, 0.4) is 0 Å². The first-order valence-corrected chi connectivity index (χ1v) is 9.62. The van der Waals surface area contributed by atoms with Gasteiger partial charge in [-0.3, -0.25) is 0 Å². The smallest absolute Gasteiger partial charge is 0.191 e. The van der Waals surface area contributed by atoms with E-state index in [4.69, 9.17) is 32.7 Å². The molecule has 1 aliphatic rings. The predicted octanol–water partition coefficient (Wildman–Crippen LogP) is 4.08. The Balaban J connectivity index is 0.00000280. The molecule has 6 nitrogen and oxygen atoms in total. The van der Waals surface area contributed by atoms with Crippen molar-refractivity contribution >= 4 is 53.1 Å². The zero-order valence-corrected chi connectivity index (χ0v) is 19.3. The molecule has 0 saturated heterocycles. The van der Waals surface area contributed by atoms with E-state index in [9.17, 15) is 0 Å². The van der Waals surface area contributed by atoms with E-state index < -0.39 is 0 Å². The van der Waals surface area contributed by atoms with Crippen LogP contribution in [0.1, 0.15) is 18.1 Å². The molecular weight excluding hydrogens is 514 g/mol. The van der Waals surface area contributed by atoms with Crippen molar-refractivity contribution in [1.82, 2.24) is 15.6 Å². The molecule has 28 heavy (non-hydrogen) atoms. The second kappa shape index (κ2) is 11.5. The lowest BCUT2D eigenvalue weighted by Gasteiger charge is -2.20. The lowest BCUT2D eigenvalue weighted by atomic mass is 10.2. The Morgan fingerprint density at radius 3 is 2.71 bits per heavy atom. The Kier molecular flexibility index (Phi) is 9.40. The molecule has 1 aromatic heterocycles. The van der Waals surface area contributed by atoms with Crippen LogP contribution in [0.15, 0.2) is 35.5 Å². The van der Waals surface area contributed by atoms with Crippen molar-refractivity contribution in [3.8, 4) is 11.5 Å². The quantitative estimate of drug-likeness (QED) is 0.252. The lowest BCUT2D eigenvalue weighted by molar-refractivity contribution is 0.171. The first kappa shape index (κ1) is 22.8. The van der Waals surface area contributed by atoms with Crippen molar-refractivity contribution in [2.24, 2.45) is 4.99 Å². The molecular formula is C19H23Cl2IN4O2. The van der Waals surface area contributed by atoms with Gasteiger partial charge in [0.15, 0.2) is 17.5 Å². The molecule has 1 aliphatic heterocycles. The molecule has 0 spiro atoms. The van der Waals surface area contributed by atoms with Gasteiger partial charge in [0, 0.05) is 19.3 Å². The third-order valence-electron chi connectivity index (χ3n) is 3.92. The van der Waals surface area contributed by atoms with Crippen LogP contribution in [0.25, 0.3) is 0 Å². The van der Waals surface area contributed by atoms with Crippen molar-refractivity contribution in [1.29, 1.82) is 0 Å². The van der Waals surface area contributed by atoms with Gasteiger partial charge in [-0.2, -0.15) is 0 Å². The van der Waals surface area contributed by atoms with Crippen molar-refractivity contribution in [3.63, 3.8) is 0 Å². The highest BCUT2D eigenvalue weighted by atomic mass is 127. The number of aliphatic imine (C=N–C) groups is 1. The van der Waals surface area contributed by atoms with E-state index in [1.807, 2.05) is 25.1 Å². The number of pyridine rings is 1. The van der Waals surface area contributed by atoms with Gasteiger partial charge in [0.2, 0.25) is 0 Å². The molecule has 2 aromatic rings. The average Bonchev–Trinajstić information content (AvgIpc) is 2.68. The minimum absolute atomic E-state index is 0. The number of ether oxygens (including phenoxy) is 2. The van der Waals surface area contributed by atoms with Crippen LogP contribution in [-0.4, -0.2) is 37.2 Å². The number of aromatic nitrogens is 1. The molecule has 0 atom stereocenters. The first-order valence-electron chi connectivity index (χ1n) is 8.86. The van der Waals surface area contributed by atoms with Crippen LogP contribution in [0.5, 0.6) is 11.5 Å². The fraction of sp³-hybridized carbons (Fsp3) is 0.368. The van der Waals surface area contributed by atoms with Crippen LogP contribution in [0.2, 0.25) is 10.2 Å². The first-order chi connectivity index (χ1) is 13.2. The molecule has 3 rings (SSSR count). The van der Waals surface area contributed by atoms with E-state index in [0.29, 0.717) is 41.4 Å². The van der Waals surface area contributed by atoms with Crippen LogP contribution >= 0.6 is 47.2 Å². The van der Waals surface area contributed by atoms with Crippen LogP contribution in [0, 0.1) is 0 Å². The van der Waals surface area contributed by atoms with Crippen molar-refractivity contribution in [2.75, 3.05) is 26.3 Å². The summed E-state index contributed by atoms with van der Waals surface area (Å²) in [5.74, 6) is 2.02. The fourth-order valence-electron chi connectivity index (χ4n) is 2.65. The summed E-state index contributed by atoms with van der Waals surface area (Å²) in [5.41, 5.74) is 2.07. The van der Waals surface area contributed by atoms with Gasteiger partial charge in [-0.1, -0.05) is 29.3 Å². The van der Waals surface area contributed by atoms with Gasteiger partial charge < -0.3 is 20.1 Å². The van der Waals surface area contributed by atoms with E-state index in [0.717, 1.165) is 36.6 Å². The summed E-state index contributed by atoms with van der Waals surface area (Å²) in [7, 11) is 0. The van der Waals surface area contributed by atoms with Gasteiger partial charge >= 0.3 is 0 Å². The molecule has 0 aliphatic carbocycles. The SMILES string of the molecule is CCNC(=NCc1cc(Cl)c2c(c1)OCCO2)NCCc1ccc(Cl)nc1.I. The summed E-state index contributed by atoms with van der Waals surface area (Å²) < 4.78 is 11.2. The Morgan fingerprint density at radius 2 is 1.96 bits per heavy atom. The summed E-state index contributed by atoms with van der Waals surface area (Å²) in [6, 6.07) is 7.55. The normalized spacial score (nSPS) is 12.9. The van der Waals surface area contributed by atoms with Gasteiger partial charge in [-0.25, -0.2) is 9.98 Å².